The van der Waals surface area contributed by atoms with Crippen molar-refractivity contribution in [3.05, 3.63) is 0 Å². The highest BCUT2D eigenvalue weighted by molar-refractivity contribution is 5.81. The van der Waals surface area contributed by atoms with Gasteiger partial charge >= 0.3 is 0 Å². The maximum absolute atomic E-state index is 11.7. The van der Waals surface area contributed by atoms with Gasteiger partial charge in [-0.3, -0.25) is 4.79 Å². The van der Waals surface area contributed by atoms with E-state index in [1.807, 2.05) is 0 Å². The molecule has 0 aromatic carbocycles. The summed E-state index contributed by atoms with van der Waals surface area (Å²) < 4.78 is 0. The molecule has 1 amide bonds. The van der Waals surface area contributed by atoms with Gasteiger partial charge in [0.2, 0.25) is 5.91 Å². The van der Waals surface area contributed by atoms with Gasteiger partial charge in [0.15, 0.2) is 0 Å². The van der Waals surface area contributed by atoms with Crippen molar-refractivity contribution in [1.82, 2.24) is 10.6 Å². The van der Waals surface area contributed by atoms with E-state index in [-0.39, 0.29) is 11.9 Å². The predicted molar refractivity (Wildman–Crippen MR) is 56.0 cm³/mol. The molecule has 2 N–H and O–H groups in total. The van der Waals surface area contributed by atoms with Crippen molar-refractivity contribution in [3.63, 3.8) is 0 Å². The molecule has 2 fully saturated rings. The zero-order chi connectivity index (χ0) is 10.0. The molecule has 14 heavy (non-hydrogen) atoms. The largest absolute Gasteiger partial charge is 0.354 e. The van der Waals surface area contributed by atoms with Crippen LogP contribution in [0.4, 0.5) is 0 Å². The molecule has 2 rings (SSSR count). The molecule has 0 aromatic heterocycles. The summed E-state index contributed by atoms with van der Waals surface area (Å²) in [6.45, 7) is 4.10. The van der Waals surface area contributed by atoms with Crippen molar-refractivity contribution in [2.24, 2.45) is 5.41 Å². The van der Waals surface area contributed by atoms with Gasteiger partial charge < -0.3 is 10.6 Å². The van der Waals surface area contributed by atoms with Gasteiger partial charge in [0.1, 0.15) is 0 Å². The molecule has 80 valence electrons. The van der Waals surface area contributed by atoms with Crippen molar-refractivity contribution in [2.75, 3.05) is 13.1 Å². The lowest BCUT2D eigenvalue weighted by molar-refractivity contribution is -0.123. The van der Waals surface area contributed by atoms with Crippen LogP contribution in [0.3, 0.4) is 0 Å². The Labute approximate surface area is 85.6 Å². The highest BCUT2D eigenvalue weighted by atomic mass is 16.2. The van der Waals surface area contributed by atoms with Gasteiger partial charge in [-0.15, -0.1) is 0 Å². The topological polar surface area (TPSA) is 41.1 Å². The number of amides is 1. The lowest BCUT2D eigenvalue weighted by Crippen LogP contribution is -2.47. The fourth-order valence-electron chi connectivity index (χ4n) is 1.89. The van der Waals surface area contributed by atoms with Crippen LogP contribution < -0.4 is 10.6 Å². The van der Waals surface area contributed by atoms with Crippen molar-refractivity contribution in [1.29, 1.82) is 0 Å². The second-order valence-corrected chi connectivity index (χ2v) is 5.03. The second-order valence-electron chi connectivity index (χ2n) is 5.03. The standard InChI is InChI=1S/C11H20N2O/c1-11(5-6-11)8-13-10(14)9-4-2-3-7-12-9/h9,12H,2-8H2,1H3,(H,13,14)/t9-/m0/s1. The summed E-state index contributed by atoms with van der Waals surface area (Å²) in [5.41, 5.74) is 0.421. The molecule has 1 heterocycles. The molecule has 0 radical (unpaired) electrons. The number of carbonyl (C=O) groups is 1. The monoisotopic (exact) mass is 196 g/mol. The maximum atomic E-state index is 11.7. The number of carbonyl (C=O) groups excluding carboxylic acids is 1. The average Bonchev–Trinajstić information content (AvgIpc) is 2.95. The normalized spacial score (nSPS) is 29.6. The van der Waals surface area contributed by atoms with Crippen LogP contribution in [0.5, 0.6) is 0 Å². The highest BCUT2D eigenvalue weighted by Gasteiger charge is 2.37. The summed E-state index contributed by atoms with van der Waals surface area (Å²) in [6.07, 6.45) is 5.93. The van der Waals surface area contributed by atoms with Crippen LogP contribution in [0, 0.1) is 5.41 Å². The van der Waals surface area contributed by atoms with Crippen LogP contribution in [0.1, 0.15) is 39.0 Å². The van der Waals surface area contributed by atoms with Crippen LogP contribution >= 0.6 is 0 Å². The van der Waals surface area contributed by atoms with E-state index in [0.29, 0.717) is 5.41 Å². The Bertz CT molecular complexity index is 217. The van der Waals surface area contributed by atoms with Crippen LogP contribution in [-0.2, 0) is 4.79 Å². The molecule has 2 aliphatic rings. The van der Waals surface area contributed by atoms with Gasteiger partial charge in [-0.25, -0.2) is 0 Å². The first-order valence-corrected chi connectivity index (χ1v) is 5.71. The Morgan fingerprint density at radius 2 is 2.29 bits per heavy atom. The summed E-state index contributed by atoms with van der Waals surface area (Å²) in [5.74, 6) is 0.206. The number of nitrogens with one attached hydrogen (secondary N) is 2. The van der Waals surface area contributed by atoms with E-state index in [1.54, 1.807) is 0 Å². The number of hydrogen-bond acceptors (Lipinski definition) is 2. The van der Waals surface area contributed by atoms with E-state index >= 15 is 0 Å². The molecular weight excluding hydrogens is 176 g/mol. The zero-order valence-corrected chi connectivity index (χ0v) is 8.94. The number of piperidine rings is 1. The molecule has 1 saturated heterocycles. The molecule has 3 nitrogen and oxygen atoms in total. The quantitative estimate of drug-likeness (QED) is 0.708. The number of hydrogen-bond donors (Lipinski definition) is 2. The second kappa shape index (κ2) is 3.89. The Kier molecular flexibility index (Phi) is 2.77. The molecule has 1 aliphatic carbocycles. The Morgan fingerprint density at radius 3 is 2.86 bits per heavy atom. The zero-order valence-electron chi connectivity index (χ0n) is 8.94. The highest BCUT2D eigenvalue weighted by Crippen LogP contribution is 2.44. The van der Waals surface area contributed by atoms with Crippen LogP contribution in [0.2, 0.25) is 0 Å². The predicted octanol–water partition coefficient (Wildman–Crippen LogP) is 1.04. The summed E-state index contributed by atoms with van der Waals surface area (Å²) in [6, 6.07) is 0.0751. The molecule has 0 spiro atoms. The van der Waals surface area contributed by atoms with Crippen LogP contribution in [0.25, 0.3) is 0 Å². The first-order chi connectivity index (χ1) is 6.70. The van der Waals surface area contributed by atoms with E-state index < -0.39 is 0 Å². The van der Waals surface area contributed by atoms with Crippen molar-refractivity contribution < 1.29 is 4.79 Å². The van der Waals surface area contributed by atoms with Gasteiger partial charge in [-0.1, -0.05) is 13.3 Å². The van der Waals surface area contributed by atoms with Crippen molar-refractivity contribution >= 4 is 5.91 Å². The lowest BCUT2D eigenvalue weighted by atomic mass is 10.0. The molecule has 0 bridgehead atoms. The molecular formula is C11H20N2O. The van der Waals surface area contributed by atoms with Gasteiger partial charge in [0, 0.05) is 6.54 Å². The smallest absolute Gasteiger partial charge is 0.237 e. The van der Waals surface area contributed by atoms with Crippen molar-refractivity contribution in [2.45, 2.75) is 45.1 Å². The third kappa shape index (κ3) is 2.47. The summed E-state index contributed by atoms with van der Waals surface area (Å²) >= 11 is 0. The number of rotatable bonds is 3. The minimum atomic E-state index is 0.0751. The third-order valence-electron chi connectivity index (χ3n) is 3.42. The lowest BCUT2D eigenvalue weighted by Gasteiger charge is -2.23. The Hall–Kier alpha value is -0.570. The molecule has 0 unspecified atom stereocenters. The third-order valence-corrected chi connectivity index (χ3v) is 3.42. The Balaban J connectivity index is 1.71. The van der Waals surface area contributed by atoms with Crippen LogP contribution in [-0.4, -0.2) is 25.0 Å². The average molecular weight is 196 g/mol. The summed E-state index contributed by atoms with van der Waals surface area (Å²) in [5, 5.41) is 6.32. The molecule has 3 heteroatoms. The fraction of sp³-hybridized carbons (Fsp3) is 0.909. The first kappa shape index (κ1) is 9.97. The van der Waals surface area contributed by atoms with Gasteiger partial charge in [0.25, 0.3) is 0 Å². The Morgan fingerprint density at radius 1 is 1.50 bits per heavy atom. The molecule has 1 atom stereocenters. The van der Waals surface area contributed by atoms with E-state index in [2.05, 4.69) is 17.6 Å². The van der Waals surface area contributed by atoms with E-state index in [1.165, 1.54) is 25.7 Å². The minimum Gasteiger partial charge on any atom is -0.354 e. The van der Waals surface area contributed by atoms with E-state index in [4.69, 9.17) is 0 Å². The summed E-state index contributed by atoms with van der Waals surface area (Å²) in [4.78, 5) is 11.7. The summed E-state index contributed by atoms with van der Waals surface area (Å²) in [7, 11) is 0. The molecule has 1 saturated carbocycles. The fourth-order valence-corrected chi connectivity index (χ4v) is 1.89. The van der Waals surface area contributed by atoms with Crippen LogP contribution in [0.15, 0.2) is 0 Å². The van der Waals surface area contributed by atoms with Gasteiger partial charge in [-0.05, 0) is 37.6 Å². The minimum absolute atomic E-state index is 0.0751. The van der Waals surface area contributed by atoms with Crippen molar-refractivity contribution in [3.8, 4) is 0 Å². The maximum Gasteiger partial charge on any atom is 0.237 e. The molecule has 1 aliphatic heterocycles. The molecule has 0 aromatic rings. The van der Waals surface area contributed by atoms with E-state index in [0.717, 1.165) is 19.5 Å². The first-order valence-electron chi connectivity index (χ1n) is 5.71. The van der Waals surface area contributed by atoms with E-state index in [9.17, 15) is 4.79 Å². The van der Waals surface area contributed by atoms with Gasteiger partial charge in [-0.2, -0.15) is 0 Å². The van der Waals surface area contributed by atoms with Gasteiger partial charge in [0.05, 0.1) is 6.04 Å². The SMILES string of the molecule is CC1(CNC(=O)[C@@H]2CCCCN2)CC1.